The van der Waals surface area contributed by atoms with E-state index in [0.717, 1.165) is 62.1 Å². The molecule has 10 atom stereocenters. The Bertz CT molecular complexity index is 1890. The van der Waals surface area contributed by atoms with Crippen LogP contribution in [0.15, 0.2) is 65.7 Å². The summed E-state index contributed by atoms with van der Waals surface area (Å²) in [5.41, 5.74) is 4.54. The molecule has 23 heteroatoms. The zero-order chi connectivity index (χ0) is 50.5. The van der Waals surface area contributed by atoms with Crippen LogP contribution in [0.2, 0.25) is 0 Å². The number of ether oxygens (including phenoxy) is 3. The molecule has 2 rings (SSSR count). The summed E-state index contributed by atoms with van der Waals surface area (Å²) in [4.78, 5) is 61.7. The Morgan fingerprint density at radius 3 is 2.06 bits per heavy atom. The third kappa shape index (κ3) is 26.5. The molecule has 0 saturated carbocycles. The van der Waals surface area contributed by atoms with Crippen LogP contribution in [0.5, 0.6) is 0 Å². The van der Waals surface area contributed by atoms with Gasteiger partial charge in [-0.15, -0.1) is 0 Å². The molecule has 1 aliphatic heterocycles. The van der Waals surface area contributed by atoms with E-state index in [4.69, 9.17) is 29.0 Å². The molecule has 0 spiro atoms. The zero-order valence-corrected chi connectivity index (χ0v) is 41.2. The van der Waals surface area contributed by atoms with Gasteiger partial charge in [0.2, 0.25) is 0 Å². The van der Waals surface area contributed by atoms with Crippen molar-refractivity contribution < 1.29 is 81.6 Å². The topological polar surface area (TPSA) is 326 Å². The van der Waals surface area contributed by atoms with E-state index in [0.29, 0.717) is 18.8 Å². The summed E-state index contributed by atoms with van der Waals surface area (Å²) in [7, 11) is -11.0. The molecule has 1 saturated heterocycles. The van der Waals surface area contributed by atoms with Gasteiger partial charge < -0.3 is 55.3 Å². The molecule has 0 bridgehead atoms. The highest BCUT2D eigenvalue weighted by atomic mass is 31.3. The van der Waals surface area contributed by atoms with Gasteiger partial charge in [0.15, 0.2) is 12.3 Å². The van der Waals surface area contributed by atoms with E-state index >= 15 is 0 Å². The number of nitrogens with zero attached hydrogens (tertiary/aromatic N) is 2. The molecular formula is C45H75N3O18P2. The number of aliphatic hydroxyl groups is 5. The summed E-state index contributed by atoms with van der Waals surface area (Å²) in [6.45, 7) is 3.88. The number of phosphoric ester groups is 2. The molecule has 0 aromatic carbocycles. The summed E-state index contributed by atoms with van der Waals surface area (Å²) >= 11 is 0. The number of allylic oxidation sites excluding steroid dienone is 6. The van der Waals surface area contributed by atoms with Crippen molar-refractivity contribution >= 4 is 33.4 Å². The van der Waals surface area contributed by atoms with Crippen LogP contribution >= 0.6 is 15.6 Å². The number of hydrogen-bond donors (Lipinski definition) is 8. The number of hydrogen-bond acceptors (Lipinski definition) is 18. The van der Waals surface area contributed by atoms with Crippen molar-refractivity contribution in [2.45, 2.75) is 172 Å². The number of aromatic nitrogens is 2. The van der Waals surface area contributed by atoms with Crippen LogP contribution in [0, 0.1) is 5.92 Å². The largest absolute Gasteiger partial charge is 0.481 e. The molecule has 1 aromatic rings. The van der Waals surface area contributed by atoms with Crippen LogP contribution < -0.4 is 11.4 Å². The lowest BCUT2D eigenvalue weighted by Gasteiger charge is -2.21. The van der Waals surface area contributed by atoms with E-state index in [2.05, 4.69) is 30.1 Å². The summed E-state index contributed by atoms with van der Waals surface area (Å²) in [5, 5.41) is 51.5. The molecule has 2 heterocycles. The van der Waals surface area contributed by atoms with Crippen molar-refractivity contribution in [2.75, 3.05) is 25.6 Å². The number of rotatable bonds is 36. The van der Waals surface area contributed by atoms with Crippen LogP contribution in [-0.4, -0.2) is 119 Å². The normalized spacial score (nSPS) is 21.4. The summed E-state index contributed by atoms with van der Waals surface area (Å²) in [6.07, 6.45) is 14.6. The number of carbonyl (C=O) groups is 2. The lowest BCUT2D eigenvalue weighted by atomic mass is 10.0. The zero-order valence-electron chi connectivity index (χ0n) is 39.4. The Morgan fingerprint density at radius 2 is 1.40 bits per heavy atom. The Morgan fingerprint density at radius 1 is 0.794 bits per heavy atom. The fourth-order valence-electron chi connectivity index (χ4n) is 6.64. The van der Waals surface area contributed by atoms with Crippen molar-refractivity contribution in [2.24, 2.45) is 5.92 Å². The molecule has 388 valence electrons. The number of nitrogen functional groups attached to an aromatic ring is 1. The Hall–Kier alpha value is -3.40. The van der Waals surface area contributed by atoms with Crippen LogP contribution in [0.1, 0.15) is 130 Å². The first kappa shape index (κ1) is 60.7. The fraction of sp³-hybridized carbons (Fsp3) is 0.689. The van der Waals surface area contributed by atoms with Gasteiger partial charge in [0.1, 0.15) is 30.7 Å². The molecule has 21 nitrogen and oxygen atoms in total. The van der Waals surface area contributed by atoms with Crippen molar-refractivity contribution in [1.29, 1.82) is 0 Å². The van der Waals surface area contributed by atoms with Gasteiger partial charge in [0, 0.05) is 19.0 Å². The van der Waals surface area contributed by atoms with E-state index in [1.807, 2.05) is 0 Å². The van der Waals surface area contributed by atoms with Gasteiger partial charge in [-0.3, -0.25) is 23.2 Å². The second kappa shape index (κ2) is 33.2. The van der Waals surface area contributed by atoms with Crippen LogP contribution in [-0.2, 0) is 46.3 Å². The van der Waals surface area contributed by atoms with Gasteiger partial charge in [-0.25, -0.2) is 13.9 Å². The maximum Gasteiger partial charge on any atom is 0.481 e. The number of nitrogens with two attached hydrogens (primary N) is 1. The molecule has 1 fully saturated rings. The van der Waals surface area contributed by atoms with Gasteiger partial charge >= 0.3 is 33.3 Å². The average molecular weight is 1010 g/mol. The Labute approximate surface area is 398 Å². The maximum atomic E-state index is 12.8. The van der Waals surface area contributed by atoms with Crippen molar-refractivity contribution in [3.8, 4) is 0 Å². The lowest BCUT2D eigenvalue weighted by Crippen LogP contribution is -2.36. The van der Waals surface area contributed by atoms with Gasteiger partial charge in [-0.2, -0.15) is 9.29 Å². The number of phosphoric acid groups is 2. The standard InChI is InChI=1S/C45H75N3O18P2/c1-4-5-15-22-34(49)23-17-12-9-10-13-18-24-36(50)37(51)25-20-27-41(53)64-35(30-61-40(52)26-19-14-8-6-7-11-16-21-33(2)3)31-62-67(57,58)66-68(59,60)63-32-38-42(54)43(55)44(65-38)48-29-28-39(46)47-45(48)56/h9-10,12-13,17-18,23-24,28-29,33-38,42-44,49-51,54-55H,4-8,11,14-16,19-22,25-27,30-32H2,1-3H3,(H,57,58)(H,59,60)(H2,46,47,56)/b12-9-,13-10+,23-17+,24-18+/t34-,35+,36-,37-,38+,42+,43+,44+/m0/s1. The smallest absolute Gasteiger partial charge is 0.462 e. The fourth-order valence-corrected chi connectivity index (χ4v) is 8.76. The first-order valence-electron chi connectivity index (χ1n) is 23.3. The molecule has 1 aromatic heterocycles. The number of carbonyl (C=O) groups excluding carboxylic acids is 2. The summed E-state index contributed by atoms with van der Waals surface area (Å²) < 4.78 is 56.3. The highest BCUT2D eigenvalue weighted by Crippen LogP contribution is 2.60. The van der Waals surface area contributed by atoms with E-state index in [1.165, 1.54) is 31.1 Å². The van der Waals surface area contributed by atoms with Gasteiger partial charge in [0.05, 0.1) is 31.5 Å². The van der Waals surface area contributed by atoms with Gasteiger partial charge in [0.25, 0.3) is 0 Å². The quantitative estimate of drug-likeness (QED) is 0.0181. The van der Waals surface area contributed by atoms with Crippen molar-refractivity contribution in [3.63, 3.8) is 0 Å². The second-order valence-electron chi connectivity index (χ2n) is 17.0. The second-order valence-corrected chi connectivity index (χ2v) is 20.0. The predicted molar refractivity (Wildman–Crippen MR) is 251 cm³/mol. The molecule has 2 unspecified atom stereocenters. The highest BCUT2D eigenvalue weighted by molar-refractivity contribution is 7.61. The van der Waals surface area contributed by atoms with Gasteiger partial charge in [-0.05, 0) is 37.7 Å². The SMILES string of the molecule is CCCCC[C@H](O)/C=C/C=C\C=C\C=C\[C@H](O)[C@@H](O)CCCC(=O)O[C@H](COC(=O)CCCCCCCCCC(C)C)COP(=O)(O)OP(=O)(O)OC[C@H]1O[C@@H](n2ccc(N)nc2=O)[C@H](O)[C@@H]1O. The van der Waals surface area contributed by atoms with E-state index < -0.39 is 102 Å². The average Bonchev–Trinajstić information content (AvgIpc) is 3.55. The predicted octanol–water partition coefficient (Wildman–Crippen LogP) is 5.38. The summed E-state index contributed by atoms with van der Waals surface area (Å²) in [5.74, 6) is -0.985. The maximum absolute atomic E-state index is 12.8. The van der Waals surface area contributed by atoms with Crippen molar-refractivity contribution in [1.82, 2.24) is 9.55 Å². The van der Waals surface area contributed by atoms with E-state index in [-0.39, 0.29) is 31.5 Å². The first-order chi connectivity index (χ1) is 32.2. The molecule has 68 heavy (non-hydrogen) atoms. The highest BCUT2D eigenvalue weighted by Gasteiger charge is 2.46. The minimum Gasteiger partial charge on any atom is -0.462 e. The van der Waals surface area contributed by atoms with E-state index in [1.54, 1.807) is 36.5 Å². The Balaban J connectivity index is 1.92. The number of aliphatic hydroxyl groups excluding tert-OH is 5. The number of esters is 2. The molecule has 1 aliphatic rings. The first-order valence-corrected chi connectivity index (χ1v) is 26.3. The molecular weight excluding hydrogens is 932 g/mol. The number of unbranched alkanes of at least 4 members (excludes halogenated alkanes) is 8. The number of anilines is 1. The third-order valence-electron chi connectivity index (χ3n) is 10.5. The minimum atomic E-state index is -5.51. The Kier molecular flexibility index (Phi) is 29.7. The van der Waals surface area contributed by atoms with Crippen LogP contribution in [0.4, 0.5) is 5.82 Å². The molecule has 0 amide bonds. The molecule has 0 radical (unpaired) electrons. The van der Waals surface area contributed by atoms with E-state index in [9.17, 15) is 58.8 Å². The van der Waals surface area contributed by atoms with Crippen LogP contribution in [0.25, 0.3) is 0 Å². The monoisotopic (exact) mass is 1010 g/mol. The third-order valence-corrected chi connectivity index (χ3v) is 13.1. The minimum absolute atomic E-state index is 0.0304. The van der Waals surface area contributed by atoms with Crippen LogP contribution in [0.3, 0.4) is 0 Å². The molecule has 0 aliphatic carbocycles. The van der Waals surface area contributed by atoms with Gasteiger partial charge in [-0.1, -0.05) is 134 Å². The molecule has 9 N–H and O–H groups in total. The van der Waals surface area contributed by atoms with Crippen molar-refractivity contribution in [3.05, 3.63) is 71.4 Å². The lowest BCUT2D eigenvalue weighted by molar-refractivity contribution is -0.161. The summed E-state index contributed by atoms with van der Waals surface area (Å²) in [6, 6.07) is 1.22.